The topological polar surface area (TPSA) is 42.7 Å². The first kappa shape index (κ1) is 15.1. The molecule has 0 radical (unpaired) electrons. The van der Waals surface area contributed by atoms with Crippen LogP contribution in [0, 0.1) is 5.92 Å². The number of halogens is 2. The molecule has 1 unspecified atom stereocenters. The van der Waals surface area contributed by atoms with Crippen molar-refractivity contribution in [2.24, 2.45) is 5.92 Å². The van der Waals surface area contributed by atoms with E-state index in [0.29, 0.717) is 30.6 Å². The molecule has 21 heavy (non-hydrogen) atoms. The van der Waals surface area contributed by atoms with Gasteiger partial charge in [0.05, 0.1) is 19.0 Å². The summed E-state index contributed by atoms with van der Waals surface area (Å²) in [6.07, 6.45) is 1.70. The molecule has 3 heterocycles. The molecule has 1 saturated heterocycles. The van der Waals surface area contributed by atoms with Crippen molar-refractivity contribution in [2.45, 2.75) is 26.0 Å². The summed E-state index contributed by atoms with van der Waals surface area (Å²) in [6.45, 7) is 2.85. The molecule has 0 N–H and O–H groups in total. The van der Waals surface area contributed by atoms with Crippen LogP contribution in [0.2, 0.25) is 5.15 Å². The smallest absolute Gasteiger partial charge is 0.213 e. The van der Waals surface area contributed by atoms with Crippen LogP contribution in [0.1, 0.15) is 23.5 Å². The molecule has 2 aromatic heterocycles. The third kappa shape index (κ3) is 3.21. The van der Waals surface area contributed by atoms with Crippen LogP contribution in [0.4, 0.5) is 4.39 Å². The van der Waals surface area contributed by atoms with Gasteiger partial charge in [-0.15, -0.1) is 0 Å². The van der Waals surface area contributed by atoms with Crippen molar-refractivity contribution in [3.05, 3.63) is 15.9 Å². The number of alkyl halides is 1. The van der Waals surface area contributed by atoms with Gasteiger partial charge in [-0.05, 0) is 25.3 Å². The maximum atomic E-state index is 12.4. The van der Waals surface area contributed by atoms with Crippen LogP contribution in [0.5, 0.6) is 0 Å². The van der Waals surface area contributed by atoms with Crippen molar-refractivity contribution >= 4 is 27.9 Å². The zero-order chi connectivity index (χ0) is 14.8. The highest BCUT2D eigenvalue weighted by atomic mass is 35.5. The van der Waals surface area contributed by atoms with Crippen molar-refractivity contribution in [3.8, 4) is 0 Å². The van der Waals surface area contributed by atoms with E-state index in [-0.39, 0.29) is 6.67 Å². The van der Waals surface area contributed by atoms with Gasteiger partial charge in [-0.2, -0.15) is 5.10 Å². The van der Waals surface area contributed by atoms with Crippen LogP contribution in [0.15, 0.2) is 0 Å². The Kier molecular flexibility index (Phi) is 4.73. The lowest BCUT2D eigenvalue weighted by Gasteiger charge is -2.14. The maximum absolute atomic E-state index is 12.4. The maximum Gasteiger partial charge on any atom is 0.213 e. The Morgan fingerprint density at radius 1 is 1.52 bits per heavy atom. The number of hydrogen-bond donors (Lipinski definition) is 0. The third-order valence-electron chi connectivity index (χ3n) is 3.82. The van der Waals surface area contributed by atoms with E-state index in [9.17, 15) is 4.39 Å². The average molecular weight is 333 g/mol. The summed E-state index contributed by atoms with van der Waals surface area (Å²) in [5.41, 5.74) is 0.908. The van der Waals surface area contributed by atoms with Crippen LogP contribution in [-0.4, -0.2) is 46.4 Å². The highest BCUT2D eigenvalue weighted by Crippen LogP contribution is 2.27. The number of ether oxygens (including phenoxy) is 1. The molecule has 1 aliphatic heterocycles. The molecule has 3 rings (SSSR count). The lowest BCUT2D eigenvalue weighted by molar-refractivity contribution is 0.183. The van der Waals surface area contributed by atoms with Gasteiger partial charge in [-0.1, -0.05) is 22.9 Å². The molecule has 0 aliphatic carbocycles. The number of imidazole rings is 1. The molecule has 0 aromatic carbocycles. The van der Waals surface area contributed by atoms with Gasteiger partial charge in [0.1, 0.15) is 5.01 Å². The molecule has 2 aromatic rings. The van der Waals surface area contributed by atoms with Crippen LogP contribution < -0.4 is 0 Å². The summed E-state index contributed by atoms with van der Waals surface area (Å²) in [5.74, 6) is 0.455. The zero-order valence-corrected chi connectivity index (χ0v) is 13.5. The Labute approximate surface area is 131 Å². The van der Waals surface area contributed by atoms with Crippen LogP contribution in [0.3, 0.4) is 0 Å². The number of methoxy groups -OCH3 is 1. The van der Waals surface area contributed by atoms with E-state index in [4.69, 9.17) is 16.3 Å². The van der Waals surface area contributed by atoms with Gasteiger partial charge in [0.25, 0.3) is 0 Å². The first-order valence-corrected chi connectivity index (χ1v) is 8.20. The second kappa shape index (κ2) is 6.56. The normalized spacial score (nSPS) is 19.9. The number of aromatic nitrogens is 3. The Morgan fingerprint density at radius 3 is 3.14 bits per heavy atom. The van der Waals surface area contributed by atoms with Crippen LogP contribution in [-0.2, 0) is 17.9 Å². The van der Waals surface area contributed by atoms with Crippen molar-refractivity contribution in [3.63, 3.8) is 0 Å². The predicted molar refractivity (Wildman–Crippen MR) is 80.6 cm³/mol. The molecule has 116 valence electrons. The molecule has 0 bridgehead atoms. The lowest BCUT2D eigenvalue weighted by Crippen LogP contribution is -2.21. The number of nitrogens with zero attached hydrogens (tertiary/aromatic N) is 4. The van der Waals surface area contributed by atoms with Crippen molar-refractivity contribution in [2.75, 3.05) is 26.9 Å². The standard InChI is InChI=1S/C13H18ClFN4OS/c1-20-8-11-17-19-10(12(14)16-13(19)21-11)7-18-5-3-9(6-18)2-4-15/h9H,2-8H2,1H3. The molecule has 0 saturated carbocycles. The van der Waals surface area contributed by atoms with Crippen molar-refractivity contribution in [1.29, 1.82) is 0 Å². The van der Waals surface area contributed by atoms with Gasteiger partial charge in [0.15, 0.2) is 5.15 Å². The molecular weight excluding hydrogens is 315 g/mol. The highest BCUT2D eigenvalue weighted by Gasteiger charge is 2.25. The summed E-state index contributed by atoms with van der Waals surface area (Å²) >= 11 is 7.72. The SMILES string of the molecule is COCc1nn2c(CN3CCC(CCF)C3)c(Cl)nc2s1. The minimum Gasteiger partial charge on any atom is -0.377 e. The quantitative estimate of drug-likeness (QED) is 0.815. The number of fused-ring (bicyclic) bond motifs is 1. The second-order valence-electron chi connectivity index (χ2n) is 5.34. The fraction of sp³-hybridized carbons (Fsp3) is 0.692. The Bertz CT molecular complexity index is 617. The minimum absolute atomic E-state index is 0.233. The Morgan fingerprint density at radius 2 is 2.38 bits per heavy atom. The van der Waals surface area contributed by atoms with E-state index in [0.717, 1.165) is 35.2 Å². The fourth-order valence-corrected chi connectivity index (χ4v) is 3.93. The van der Waals surface area contributed by atoms with Gasteiger partial charge >= 0.3 is 0 Å². The van der Waals surface area contributed by atoms with Crippen molar-refractivity contribution in [1.82, 2.24) is 19.5 Å². The third-order valence-corrected chi connectivity index (χ3v) is 5.00. The molecule has 0 amide bonds. The summed E-state index contributed by atoms with van der Waals surface area (Å²) < 4.78 is 19.3. The van der Waals surface area contributed by atoms with Gasteiger partial charge in [0.2, 0.25) is 4.96 Å². The van der Waals surface area contributed by atoms with Crippen LogP contribution in [0.25, 0.3) is 4.96 Å². The average Bonchev–Trinajstić information content (AvgIpc) is 3.10. The zero-order valence-electron chi connectivity index (χ0n) is 11.9. The Hall–Kier alpha value is -0.760. The van der Waals surface area contributed by atoms with Gasteiger partial charge in [0, 0.05) is 20.2 Å². The molecule has 1 fully saturated rings. The summed E-state index contributed by atoms with van der Waals surface area (Å²) in [4.78, 5) is 7.45. The fourth-order valence-electron chi connectivity index (χ4n) is 2.78. The van der Waals surface area contributed by atoms with E-state index in [1.54, 1.807) is 7.11 Å². The second-order valence-corrected chi connectivity index (χ2v) is 6.74. The van der Waals surface area contributed by atoms with E-state index < -0.39 is 0 Å². The predicted octanol–water partition coefficient (Wildman–Crippen LogP) is 2.77. The first-order chi connectivity index (χ1) is 10.2. The summed E-state index contributed by atoms with van der Waals surface area (Å²) in [7, 11) is 1.65. The Balaban J connectivity index is 1.75. The molecular formula is C13H18ClFN4OS. The molecule has 8 heteroatoms. The van der Waals surface area contributed by atoms with Gasteiger partial charge < -0.3 is 4.74 Å². The van der Waals surface area contributed by atoms with E-state index >= 15 is 0 Å². The largest absolute Gasteiger partial charge is 0.377 e. The lowest BCUT2D eigenvalue weighted by atomic mass is 10.1. The number of likely N-dealkylation sites (tertiary alicyclic amines) is 1. The number of hydrogen-bond acceptors (Lipinski definition) is 5. The molecule has 5 nitrogen and oxygen atoms in total. The molecule has 1 aliphatic rings. The molecule has 1 atom stereocenters. The summed E-state index contributed by atoms with van der Waals surface area (Å²) in [6, 6.07) is 0. The van der Waals surface area contributed by atoms with Crippen LogP contribution >= 0.6 is 22.9 Å². The molecule has 0 spiro atoms. The van der Waals surface area contributed by atoms with E-state index in [1.165, 1.54) is 11.3 Å². The highest BCUT2D eigenvalue weighted by molar-refractivity contribution is 7.16. The van der Waals surface area contributed by atoms with Gasteiger partial charge in [-0.25, -0.2) is 9.50 Å². The van der Waals surface area contributed by atoms with Gasteiger partial charge in [-0.3, -0.25) is 9.29 Å². The number of rotatable bonds is 6. The van der Waals surface area contributed by atoms with Crippen molar-refractivity contribution < 1.29 is 9.13 Å². The summed E-state index contributed by atoms with van der Waals surface area (Å²) in [5, 5.41) is 5.89. The van der Waals surface area contributed by atoms with E-state index in [2.05, 4.69) is 15.0 Å². The van der Waals surface area contributed by atoms with E-state index in [1.807, 2.05) is 4.52 Å². The first-order valence-electron chi connectivity index (χ1n) is 7.01. The monoisotopic (exact) mass is 332 g/mol. The minimum atomic E-state index is -0.233.